The van der Waals surface area contributed by atoms with Crippen molar-refractivity contribution in [1.29, 1.82) is 0 Å². The van der Waals surface area contributed by atoms with Crippen LogP contribution in [0.5, 0.6) is 5.75 Å². The summed E-state index contributed by atoms with van der Waals surface area (Å²) in [4.78, 5) is 12.6. The molecule has 162 valence electrons. The normalized spacial score (nSPS) is 11.4. The molecule has 0 radical (unpaired) electrons. The number of methoxy groups -OCH3 is 1. The van der Waals surface area contributed by atoms with Gasteiger partial charge in [0.05, 0.1) is 7.11 Å². The van der Waals surface area contributed by atoms with Crippen molar-refractivity contribution in [1.82, 2.24) is 4.72 Å². The average Bonchev–Trinajstić information content (AvgIpc) is 2.78. The third kappa shape index (κ3) is 5.71. The molecule has 2 N–H and O–H groups in total. The van der Waals surface area contributed by atoms with Crippen molar-refractivity contribution in [3.05, 3.63) is 89.5 Å². The van der Waals surface area contributed by atoms with E-state index in [1.165, 1.54) is 30.9 Å². The molecule has 3 rings (SSSR count). The molecule has 0 fully saturated rings. The molecule has 0 aliphatic rings. The summed E-state index contributed by atoms with van der Waals surface area (Å²) in [7, 11) is -2.51. The zero-order chi connectivity index (χ0) is 22.4. The van der Waals surface area contributed by atoms with Crippen LogP contribution in [-0.4, -0.2) is 21.4 Å². The number of carbonyl (C=O) groups excluding carboxylic acids is 1. The Kier molecular flexibility index (Phi) is 7.09. The van der Waals surface area contributed by atoms with E-state index in [0.29, 0.717) is 11.6 Å². The first kappa shape index (κ1) is 22.5. The molecule has 0 atom stereocenters. The van der Waals surface area contributed by atoms with Crippen LogP contribution in [-0.2, 0) is 16.6 Å². The van der Waals surface area contributed by atoms with Crippen LogP contribution in [0.1, 0.15) is 41.3 Å². The summed E-state index contributed by atoms with van der Waals surface area (Å²) in [5.74, 6) is 0.153. The molecular formula is C24H26N2O4S. The number of anilines is 1. The first-order valence-electron chi connectivity index (χ1n) is 9.93. The van der Waals surface area contributed by atoms with Gasteiger partial charge in [0.2, 0.25) is 10.0 Å². The van der Waals surface area contributed by atoms with Gasteiger partial charge in [-0.2, -0.15) is 0 Å². The summed E-state index contributed by atoms with van der Waals surface area (Å²) in [5.41, 5.74) is 2.84. The number of hydrogen-bond acceptors (Lipinski definition) is 4. The van der Waals surface area contributed by atoms with Gasteiger partial charge >= 0.3 is 0 Å². The molecule has 0 saturated carbocycles. The Balaban J connectivity index is 1.81. The number of amides is 1. The number of hydrogen-bond donors (Lipinski definition) is 2. The highest BCUT2D eigenvalue weighted by Gasteiger charge is 2.21. The maximum absolute atomic E-state index is 12.9. The highest BCUT2D eigenvalue weighted by atomic mass is 32.2. The molecule has 3 aromatic carbocycles. The standard InChI is InChI=1S/C24H26N2O4S/c1-17(2)19-9-12-21(13-10-19)26-24(27)20-11-14-22(30-3)23(15-20)31(28,29)25-16-18-7-5-4-6-8-18/h4-15,17,25H,16H2,1-3H3,(H,26,27). The Morgan fingerprint density at radius 1 is 0.968 bits per heavy atom. The molecule has 0 aliphatic heterocycles. The topological polar surface area (TPSA) is 84.5 Å². The molecule has 31 heavy (non-hydrogen) atoms. The van der Waals surface area contributed by atoms with Gasteiger partial charge in [-0.25, -0.2) is 13.1 Å². The van der Waals surface area contributed by atoms with Crippen LogP contribution in [0.4, 0.5) is 5.69 Å². The molecule has 0 heterocycles. The zero-order valence-corrected chi connectivity index (χ0v) is 18.6. The van der Waals surface area contributed by atoms with Crippen molar-refractivity contribution in [2.75, 3.05) is 12.4 Å². The van der Waals surface area contributed by atoms with E-state index < -0.39 is 15.9 Å². The lowest BCUT2D eigenvalue weighted by Crippen LogP contribution is -2.24. The fourth-order valence-electron chi connectivity index (χ4n) is 3.03. The third-order valence-corrected chi connectivity index (χ3v) is 6.28. The summed E-state index contributed by atoms with van der Waals surface area (Å²) in [6.07, 6.45) is 0. The summed E-state index contributed by atoms with van der Waals surface area (Å²) in [6.45, 7) is 4.32. The van der Waals surface area contributed by atoms with E-state index in [0.717, 1.165) is 5.56 Å². The Morgan fingerprint density at radius 2 is 1.65 bits per heavy atom. The molecule has 0 spiro atoms. The van der Waals surface area contributed by atoms with Crippen molar-refractivity contribution in [3.63, 3.8) is 0 Å². The van der Waals surface area contributed by atoms with Gasteiger partial charge in [-0.1, -0.05) is 56.3 Å². The van der Waals surface area contributed by atoms with Crippen LogP contribution < -0.4 is 14.8 Å². The van der Waals surface area contributed by atoms with Gasteiger partial charge in [0.1, 0.15) is 10.6 Å². The molecule has 1 amide bonds. The Bertz CT molecular complexity index is 1140. The highest BCUT2D eigenvalue weighted by molar-refractivity contribution is 7.89. The van der Waals surface area contributed by atoms with Crippen LogP contribution >= 0.6 is 0 Å². The van der Waals surface area contributed by atoms with Crippen molar-refractivity contribution in [3.8, 4) is 5.75 Å². The van der Waals surface area contributed by atoms with Gasteiger partial charge in [0.15, 0.2) is 0 Å². The molecule has 3 aromatic rings. The van der Waals surface area contributed by atoms with E-state index >= 15 is 0 Å². The van der Waals surface area contributed by atoms with Crippen LogP contribution in [0, 0.1) is 0 Å². The molecule has 0 saturated heterocycles. The summed E-state index contributed by atoms with van der Waals surface area (Å²) < 4.78 is 33.6. The minimum atomic E-state index is -3.90. The maximum Gasteiger partial charge on any atom is 0.255 e. The lowest BCUT2D eigenvalue weighted by Gasteiger charge is -2.13. The first-order valence-corrected chi connectivity index (χ1v) is 11.4. The predicted molar refractivity (Wildman–Crippen MR) is 122 cm³/mol. The lowest BCUT2D eigenvalue weighted by molar-refractivity contribution is 0.102. The van der Waals surface area contributed by atoms with Crippen molar-refractivity contribution < 1.29 is 17.9 Å². The number of ether oxygens (including phenoxy) is 1. The maximum atomic E-state index is 12.9. The Labute approximate surface area is 183 Å². The Morgan fingerprint density at radius 3 is 2.26 bits per heavy atom. The molecule has 0 unspecified atom stereocenters. The third-order valence-electron chi connectivity index (χ3n) is 4.86. The zero-order valence-electron chi connectivity index (χ0n) is 17.8. The van der Waals surface area contributed by atoms with E-state index in [-0.39, 0.29) is 22.8 Å². The summed E-state index contributed by atoms with van der Waals surface area (Å²) in [5, 5.41) is 2.80. The number of carbonyl (C=O) groups is 1. The van der Waals surface area contributed by atoms with E-state index in [1.54, 1.807) is 0 Å². The lowest BCUT2D eigenvalue weighted by atomic mass is 10.0. The number of rotatable bonds is 8. The van der Waals surface area contributed by atoms with E-state index in [9.17, 15) is 13.2 Å². The number of benzene rings is 3. The molecule has 0 aromatic heterocycles. The van der Waals surface area contributed by atoms with Crippen LogP contribution in [0.25, 0.3) is 0 Å². The van der Waals surface area contributed by atoms with Gasteiger partial charge in [0, 0.05) is 17.8 Å². The SMILES string of the molecule is COc1ccc(C(=O)Nc2ccc(C(C)C)cc2)cc1S(=O)(=O)NCc1ccccc1. The van der Waals surface area contributed by atoms with Crippen molar-refractivity contribution in [2.45, 2.75) is 31.2 Å². The van der Waals surface area contributed by atoms with Crippen LogP contribution in [0.15, 0.2) is 77.7 Å². The van der Waals surface area contributed by atoms with Gasteiger partial charge in [-0.05, 0) is 47.4 Å². The quantitative estimate of drug-likeness (QED) is 0.540. The smallest absolute Gasteiger partial charge is 0.255 e. The molecule has 7 heteroatoms. The van der Waals surface area contributed by atoms with Crippen molar-refractivity contribution in [2.24, 2.45) is 0 Å². The largest absolute Gasteiger partial charge is 0.495 e. The second-order valence-electron chi connectivity index (χ2n) is 7.41. The summed E-state index contributed by atoms with van der Waals surface area (Å²) in [6, 6.07) is 21.1. The molecule has 0 bridgehead atoms. The Hall–Kier alpha value is -3.16. The minimum absolute atomic E-state index is 0.0891. The first-order chi connectivity index (χ1) is 14.8. The van der Waals surface area contributed by atoms with Crippen LogP contribution in [0.3, 0.4) is 0 Å². The molecular weight excluding hydrogens is 412 g/mol. The minimum Gasteiger partial charge on any atom is -0.495 e. The molecule has 0 aliphatic carbocycles. The van der Waals surface area contributed by atoms with Crippen molar-refractivity contribution >= 4 is 21.6 Å². The van der Waals surface area contributed by atoms with Gasteiger partial charge < -0.3 is 10.1 Å². The fourth-order valence-corrected chi connectivity index (χ4v) is 4.25. The van der Waals surface area contributed by atoms with Gasteiger partial charge in [0.25, 0.3) is 5.91 Å². The van der Waals surface area contributed by atoms with Gasteiger partial charge in [-0.3, -0.25) is 4.79 Å². The summed E-state index contributed by atoms with van der Waals surface area (Å²) >= 11 is 0. The highest BCUT2D eigenvalue weighted by Crippen LogP contribution is 2.26. The predicted octanol–water partition coefficient (Wildman–Crippen LogP) is 4.55. The van der Waals surface area contributed by atoms with E-state index in [2.05, 4.69) is 23.9 Å². The van der Waals surface area contributed by atoms with Crippen LogP contribution in [0.2, 0.25) is 0 Å². The second-order valence-corrected chi connectivity index (χ2v) is 9.14. The fraction of sp³-hybridized carbons (Fsp3) is 0.208. The number of sulfonamides is 1. The van der Waals surface area contributed by atoms with Gasteiger partial charge in [-0.15, -0.1) is 0 Å². The van der Waals surface area contributed by atoms with E-state index in [1.807, 2.05) is 54.6 Å². The average molecular weight is 439 g/mol. The monoisotopic (exact) mass is 438 g/mol. The van der Waals surface area contributed by atoms with E-state index in [4.69, 9.17) is 4.74 Å². The number of nitrogens with one attached hydrogen (secondary N) is 2. The molecule has 6 nitrogen and oxygen atoms in total. The second kappa shape index (κ2) is 9.76.